The van der Waals surface area contributed by atoms with Crippen molar-refractivity contribution < 1.29 is 9.59 Å². The summed E-state index contributed by atoms with van der Waals surface area (Å²) in [5, 5.41) is 11.4. The zero-order valence-electron chi connectivity index (χ0n) is 14.8. The van der Waals surface area contributed by atoms with Gasteiger partial charge in [-0.2, -0.15) is 10.2 Å². The molecule has 1 aliphatic heterocycles. The summed E-state index contributed by atoms with van der Waals surface area (Å²) < 4.78 is 3.35. The van der Waals surface area contributed by atoms with Gasteiger partial charge in [-0.05, 0) is 18.9 Å². The fourth-order valence-electron chi connectivity index (χ4n) is 3.26. The van der Waals surface area contributed by atoms with Crippen LogP contribution in [0.1, 0.15) is 26.7 Å². The van der Waals surface area contributed by atoms with Crippen LogP contribution in [-0.2, 0) is 22.2 Å². The van der Waals surface area contributed by atoms with E-state index >= 15 is 0 Å². The van der Waals surface area contributed by atoms with Crippen molar-refractivity contribution in [1.29, 1.82) is 0 Å². The Bertz CT molecular complexity index is 741. The highest BCUT2D eigenvalue weighted by Gasteiger charge is 2.45. The van der Waals surface area contributed by atoms with Crippen molar-refractivity contribution in [2.75, 3.05) is 18.4 Å². The van der Waals surface area contributed by atoms with Gasteiger partial charge in [0.2, 0.25) is 5.91 Å². The highest BCUT2D eigenvalue weighted by molar-refractivity contribution is 5.96. The number of piperidine rings is 1. The number of likely N-dealkylation sites (tertiary alicyclic amines) is 1. The van der Waals surface area contributed by atoms with Crippen molar-refractivity contribution in [3.8, 4) is 0 Å². The van der Waals surface area contributed by atoms with Crippen molar-refractivity contribution in [3.63, 3.8) is 0 Å². The van der Waals surface area contributed by atoms with Gasteiger partial charge in [0.25, 0.3) is 5.91 Å². The Morgan fingerprint density at radius 1 is 1.24 bits per heavy atom. The van der Waals surface area contributed by atoms with Crippen molar-refractivity contribution in [1.82, 2.24) is 24.5 Å². The van der Waals surface area contributed by atoms with E-state index in [4.69, 9.17) is 0 Å². The minimum atomic E-state index is -0.811. The van der Waals surface area contributed by atoms with Crippen LogP contribution >= 0.6 is 0 Å². The molecule has 0 aromatic carbocycles. The molecule has 0 spiro atoms. The normalized spacial score (nSPS) is 16.9. The van der Waals surface area contributed by atoms with Gasteiger partial charge >= 0.3 is 0 Å². The topological polar surface area (TPSA) is 85.0 Å². The van der Waals surface area contributed by atoms with Gasteiger partial charge in [-0.1, -0.05) is 13.8 Å². The summed E-state index contributed by atoms with van der Waals surface area (Å²) in [5.41, 5.74) is -0.811. The lowest BCUT2D eigenvalue weighted by atomic mass is 9.86. The van der Waals surface area contributed by atoms with E-state index in [9.17, 15) is 9.59 Å². The molecular weight excluding hydrogens is 320 g/mol. The number of nitrogens with one attached hydrogen (secondary N) is 1. The first-order valence-electron chi connectivity index (χ1n) is 8.52. The lowest BCUT2D eigenvalue weighted by Crippen LogP contribution is -2.55. The Morgan fingerprint density at radius 2 is 1.96 bits per heavy atom. The first kappa shape index (κ1) is 17.2. The highest BCUT2D eigenvalue weighted by Crippen LogP contribution is 2.31. The summed E-state index contributed by atoms with van der Waals surface area (Å²) in [7, 11) is 1.80. The van der Waals surface area contributed by atoms with E-state index in [1.54, 1.807) is 47.1 Å². The molecule has 0 bridgehead atoms. The van der Waals surface area contributed by atoms with Crippen LogP contribution in [0.25, 0.3) is 0 Å². The number of aryl methyl sites for hydroxylation is 1. The second-order valence-corrected chi connectivity index (χ2v) is 6.79. The van der Waals surface area contributed by atoms with Gasteiger partial charge in [-0.15, -0.1) is 0 Å². The van der Waals surface area contributed by atoms with Gasteiger partial charge in [-0.3, -0.25) is 19.0 Å². The third-order valence-corrected chi connectivity index (χ3v) is 4.72. The lowest BCUT2D eigenvalue weighted by Gasteiger charge is -2.41. The number of hydrogen-bond acceptors (Lipinski definition) is 4. The van der Waals surface area contributed by atoms with Gasteiger partial charge in [-0.25, -0.2) is 0 Å². The molecule has 134 valence electrons. The zero-order chi connectivity index (χ0) is 18.0. The van der Waals surface area contributed by atoms with Crippen LogP contribution in [0.5, 0.6) is 0 Å². The fraction of sp³-hybridized carbons (Fsp3) is 0.529. The number of hydrogen-bond donors (Lipinski definition) is 1. The summed E-state index contributed by atoms with van der Waals surface area (Å²) in [6.07, 6.45) is 6.29. The largest absolute Gasteiger partial charge is 0.342 e. The van der Waals surface area contributed by atoms with Crippen LogP contribution in [0.2, 0.25) is 0 Å². The molecule has 0 aliphatic carbocycles. The maximum atomic E-state index is 13.1. The van der Waals surface area contributed by atoms with E-state index in [0.29, 0.717) is 31.7 Å². The molecule has 2 aromatic heterocycles. The Kier molecular flexibility index (Phi) is 4.61. The molecule has 2 aromatic rings. The van der Waals surface area contributed by atoms with Crippen LogP contribution in [0.15, 0.2) is 30.7 Å². The molecule has 1 N–H and O–H groups in total. The first-order chi connectivity index (χ1) is 11.9. The van der Waals surface area contributed by atoms with Crippen molar-refractivity contribution >= 4 is 17.6 Å². The van der Waals surface area contributed by atoms with E-state index in [1.165, 1.54) is 0 Å². The maximum absolute atomic E-state index is 13.1. The summed E-state index contributed by atoms with van der Waals surface area (Å²) in [6, 6.07) is 3.56. The van der Waals surface area contributed by atoms with E-state index in [1.807, 2.05) is 18.7 Å². The number of carbonyl (C=O) groups excluding carboxylic acids is 2. The quantitative estimate of drug-likeness (QED) is 0.904. The molecule has 8 nitrogen and oxygen atoms in total. The number of amides is 2. The van der Waals surface area contributed by atoms with Gasteiger partial charge < -0.3 is 10.2 Å². The highest BCUT2D eigenvalue weighted by atomic mass is 16.2. The summed E-state index contributed by atoms with van der Waals surface area (Å²) in [6.45, 7) is 4.86. The van der Waals surface area contributed by atoms with Crippen LogP contribution in [0.3, 0.4) is 0 Å². The molecule has 0 unspecified atom stereocenters. The Labute approximate surface area is 146 Å². The molecular formula is C17H24N6O2. The molecule has 3 rings (SSSR count). The molecule has 25 heavy (non-hydrogen) atoms. The summed E-state index contributed by atoms with van der Waals surface area (Å²) >= 11 is 0. The predicted octanol–water partition coefficient (Wildman–Crippen LogP) is 1.23. The van der Waals surface area contributed by atoms with Crippen molar-refractivity contribution in [2.24, 2.45) is 13.0 Å². The number of rotatable bonds is 4. The molecule has 1 saturated heterocycles. The standard InChI is InChI=1S/C17H24N6O2/c1-13(2)15(24)22-11-6-17(7-12-22,23-9-4-8-18-23)16(25)19-14-5-10-21(3)20-14/h4-5,8-10,13H,6-7,11-12H2,1-3H3,(H,19,20,25). The molecule has 2 amide bonds. The Balaban J connectivity index is 1.81. The van der Waals surface area contributed by atoms with Crippen LogP contribution in [0, 0.1) is 5.92 Å². The number of nitrogens with zero attached hydrogens (tertiary/aromatic N) is 5. The van der Waals surface area contributed by atoms with E-state index in [2.05, 4.69) is 15.5 Å². The van der Waals surface area contributed by atoms with E-state index in [0.717, 1.165) is 0 Å². The minimum Gasteiger partial charge on any atom is -0.342 e. The van der Waals surface area contributed by atoms with Crippen LogP contribution in [0.4, 0.5) is 5.82 Å². The molecule has 3 heterocycles. The summed E-state index contributed by atoms with van der Waals surface area (Å²) in [4.78, 5) is 27.2. The SMILES string of the molecule is CC(C)C(=O)N1CCC(C(=O)Nc2ccn(C)n2)(n2cccn2)CC1. The number of anilines is 1. The average molecular weight is 344 g/mol. The molecule has 8 heteroatoms. The number of aromatic nitrogens is 4. The maximum Gasteiger partial charge on any atom is 0.253 e. The molecule has 0 radical (unpaired) electrons. The zero-order valence-corrected chi connectivity index (χ0v) is 14.8. The minimum absolute atomic E-state index is 0.0421. The average Bonchev–Trinajstić information content (AvgIpc) is 3.26. The monoisotopic (exact) mass is 344 g/mol. The first-order valence-corrected chi connectivity index (χ1v) is 8.52. The smallest absolute Gasteiger partial charge is 0.253 e. The van der Waals surface area contributed by atoms with Crippen LogP contribution in [-0.4, -0.2) is 49.4 Å². The van der Waals surface area contributed by atoms with Gasteiger partial charge in [0.05, 0.1) is 0 Å². The third-order valence-electron chi connectivity index (χ3n) is 4.72. The van der Waals surface area contributed by atoms with E-state index in [-0.39, 0.29) is 17.7 Å². The second kappa shape index (κ2) is 6.70. The third kappa shape index (κ3) is 3.29. The number of carbonyl (C=O) groups is 2. The van der Waals surface area contributed by atoms with Crippen molar-refractivity contribution in [2.45, 2.75) is 32.2 Å². The van der Waals surface area contributed by atoms with Crippen molar-refractivity contribution in [3.05, 3.63) is 30.7 Å². The Morgan fingerprint density at radius 3 is 2.48 bits per heavy atom. The summed E-state index contributed by atoms with van der Waals surface area (Å²) in [5.74, 6) is 0.449. The molecule has 0 saturated carbocycles. The van der Waals surface area contributed by atoms with Crippen LogP contribution < -0.4 is 5.32 Å². The molecule has 1 fully saturated rings. The van der Waals surface area contributed by atoms with Gasteiger partial charge in [0.15, 0.2) is 5.82 Å². The lowest BCUT2D eigenvalue weighted by molar-refractivity contribution is -0.140. The molecule has 1 aliphatic rings. The Hall–Kier alpha value is -2.64. The second-order valence-electron chi connectivity index (χ2n) is 6.79. The van der Waals surface area contributed by atoms with E-state index < -0.39 is 5.54 Å². The van der Waals surface area contributed by atoms with Gasteiger partial charge in [0, 0.05) is 50.7 Å². The molecule has 0 atom stereocenters. The fourth-order valence-corrected chi connectivity index (χ4v) is 3.26. The predicted molar refractivity (Wildman–Crippen MR) is 92.7 cm³/mol. The van der Waals surface area contributed by atoms with Gasteiger partial charge in [0.1, 0.15) is 5.54 Å².